The number of hydrogen-bond acceptors (Lipinski definition) is 5. The Balaban J connectivity index is 1.81. The molecular weight excluding hydrogens is 306 g/mol. The normalized spacial score (nSPS) is 13.7. The molecule has 0 saturated carbocycles. The van der Waals surface area contributed by atoms with Crippen LogP contribution < -0.4 is 10.6 Å². The molecule has 0 spiro atoms. The van der Waals surface area contributed by atoms with E-state index >= 15 is 0 Å². The van der Waals surface area contributed by atoms with Crippen molar-refractivity contribution in [3.8, 4) is 0 Å². The highest BCUT2D eigenvalue weighted by molar-refractivity contribution is 7.11. The van der Waals surface area contributed by atoms with E-state index in [1.807, 2.05) is 30.7 Å². The summed E-state index contributed by atoms with van der Waals surface area (Å²) < 4.78 is 0. The van der Waals surface area contributed by atoms with Crippen LogP contribution in [0.1, 0.15) is 28.1 Å². The summed E-state index contributed by atoms with van der Waals surface area (Å²) in [5.41, 5.74) is 0.693. The van der Waals surface area contributed by atoms with Crippen molar-refractivity contribution in [1.82, 2.24) is 15.6 Å². The van der Waals surface area contributed by atoms with Crippen molar-refractivity contribution in [3.05, 3.63) is 38.0 Å². The van der Waals surface area contributed by atoms with Gasteiger partial charge in [0.1, 0.15) is 5.60 Å². The number of carbonyl (C=O) groups excluding carboxylic acids is 1. The van der Waals surface area contributed by atoms with Crippen molar-refractivity contribution >= 4 is 28.7 Å². The number of aliphatic hydroxyl groups is 1. The van der Waals surface area contributed by atoms with Crippen LogP contribution in [0, 0.1) is 13.8 Å². The number of carbonyl (C=O) groups is 1. The Kier molecular flexibility index (Phi) is 4.97. The van der Waals surface area contributed by atoms with Gasteiger partial charge in [0.15, 0.2) is 0 Å². The Morgan fingerprint density at radius 1 is 1.43 bits per heavy atom. The van der Waals surface area contributed by atoms with E-state index in [1.54, 1.807) is 18.3 Å². The van der Waals surface area contributed by atoms with Crippen molar-refractivity contribution < 1.29 is 9.90 Å². The molecule has 2 rings (SSSR count). The molecule has 0 aliphatic carbocycles. The van der Waals surface area contributed by atoms with Crippen molar-refractivity contribution in [1.29, 1.82) is 0 Å². The van der Waals surface area contributed by atoms with Crippen LogP contribution in [-0.2, 0) is 12.1 Å². The van der Waals surface area contributed by atoms with Gasteiger partial charge < -0.3 is 15.7 Å². The summed E-state index contributed by atoms with van der Waals surface area (Å²) in [6.45, 7) is 6.17. The summed E-state index contributed by atoms with van der Waals surface area (Å²) in [7, 11) is 0. The molecule has 114 valence electrons. The predicted molar refractivity (Wildman–Crippen MR) is 85.7 cm³/mol. The summed E-state index contributed by atoms with van der Waals surface area (Å²) in [6.07, 6.45) is 0. The lowest BCUT2D eigenvalue weighted by molar-refractivity contribution is 0.0598. The molecule has 0 saturated heterocycles. The number of thiophene rings is 1. The highest BCUT2D eigenvalue weighted by atomic mass is 32.1. The second-order valence-corrected chi connectivity index (χ2v) is 7.13. The maximum absolute atomic E-state index is 11.8. The zero-order valence-electron chi connectivity index (χ0n) is 12.3. The number of aromatic nitrogens is 1. The van der Waals surface area contributed by atoms with Gasteiger partial charge in [-0.3, -0.25) is 0 Å². The van der Waals surface area contributed by atoms with E-state index in [1.165, 1.54) is 11.3 Å². The second-order valence-electron chi connectivity index (χ2n) is 5.06. The largest absolute Gasteiger partial charge is 0.384 e. The molecule has 1 atom stereocenters. The molecule has 0 radical (unpaired) electrons. The van der Waals surface area contributed by atoms with Crippen molar-refractivity contribution in [2.24, 2.45) is 0 Å². The monoisotopic (exact) mass is 325 g/mol. The molecule has 2 aromatic heterocycles. The lowest BCUT2D eigenvalue weighted by atomic mass is 9.99. The first-order chi connectivity index (χ1) is 9.88. The summed E-state index contributed by atoms with van der Waals surface area (Å²) in [4.78, 5) is 17.2. The molecule has 0 aliphatic heterocycles. The zero-order valence-corrected chi connectivity index (χ0v) is 13.9. The summed E-state index contributed by atoms with van der Waals surface area (Å²) in [5.74, 6) is 0. The lowest BCUT2D eigenvalue weighted by Crippen LogP contribution is -2.43. The number of thiazole rings is 1. The third-order valence-electron chi connectivity index (χ3n) is 3.15. The van der Waals surface area contributed by atoms with E-state index in [0.717, 1.165) is 21.1 Å². The third kappa shape index (κ3) is 4.26. The Labute approximate surface area is 132 Å². The van der Waals surface area contributed by atoms with Gasteiger partial charge in [0.05, 0.1) is 23.8 Å². The standard InChI is InChI=1S/C14H19N3O2S2/c1-9-12(21-10(2)17-9)6-15-13(18)16-8-14(3,19)11-4-5-20-7-11/h4-5,7,19H,6,8H2,1-3H3,(H2,15,16,18). The van der Waals surface area contributed by atoms with Crippen LogP contribution in [0.3, 0.4) is 0 Å². The number of aryl methyl sites for hydroxylation is 2. The number of nitrogens with zero attached hydrogens (tertiary/aromatic N) is 1. The lowest BCUT2D eigenvalue weighted by Gasteiger charge is -2.22. The van der Waals surface area contributed by atoms with Crippen LogP contribution in [0.4, 0.5) is 4.79 Å². The summed E-state index contributed by atoms with van der Waals surface area (Å²) in [6, 6.07) is 1.56. The van der Waals surface area contributed by atoms with E-state index < -0.39 is 5.60 Å². The summed E-state index contributed by atoms with van der Waals surface area (Å²) in [5, 5.41) is 20.6. The summed E-state index contributed by atoms with van der Waals surface area (Å²) >= 11 is 3.09. The molecule has 3 N–H and O–H groups in total. The SMILES string of the molecule is Cc1nc(C)c(CNC(=O)NCC(C)(O)c2ccsc2)s1. The van der Waals surface area contributed by atoms with Gasteiger partial charge in [-0.25, -0.2) is 9.78 Å². The first-order valence-corrected chi connectivity index (χ1v) is 8.34. The van der Waals surface area contributed by atoms with Gasteiger partial charge in [0.25, 0.3) is 0 Å². The molecule has 0 fully saturated rings. The van der Waals surface area contributed by atoms with Gasteiger partial charge in [-0.15, -0.1) is 11.3 Å². The van der Waals surface area contributed by atoms with Crippen molar-refractivity contribution in [2.75, 3.05) is 6.54 Å². The number of hydrogen-bond donors (Lipinski definition) is 3. The molecule has 1 unspecified atom stereocenters. The van der Waals surface area contributed by atoms with Gasteiger partial charge in [0, 0.05) is 4.88 Å². The Bertz CT molecular complexity index is 606. The topological polar surface area (TPSA) is 74.2 Å². The molecule has 5 nitrogen and oxygen atoms in total. The highest BCUT2D eigenvalue weighted by Gasteiger charge is 2.24. The maximum Gasteiger partial charge on any atom is 0.315 e. The van der Waals surface area contributed by atoms with Crippen LogP contribution in [0.5, 0.6) is 0 Å². The number of nitrogens with one attached hydrogen (secondary N) is 2. The van der Waals surface area contributed by atoms with Crippen LogP contribution in [0.15, 0.2) is 16.8 Å². The first kappa shape index (κ1) is 15.9. The zero-order chi connectivity index (χ0) is 15.5. The minimum absolute atomic E-state index is 0.163. The van der Waals surface area contributed by atoms with E-state index in [-0.39, 0.29) is 12.6 Å². The van der Waals surface area contributed by atoms with Gasteiger partial charge >= 0.3 is 6.03 Å². The molecule has 2 amide bonds. The highest BCUT2D eigenvalue weighted by Crippen LogP contribution is 2.22. The van der Waals surface area contributed by atoms with E-state index in [2.05, 4.69) is 15.6 Å². The third-order valence-corrected chi connectivity index (χ3v) is 4.90. The minimum atomic E-state index is -1.06. The number of rotatable bonds is 5. The Morgan fingerprint density at radius 3 is 2.76 bits per heavy atom. The number of urea groups is 1. The van der Waals surface area contributed by atoms with Crippen LogP contribution in [0.2, 0.25) is 0 Å². The van der Waals surface area contributed by atoms with Crippen molar-refractivity contribution in [3.63, 3.8) is 0 Å². The Hall–Kier alpha value is -1.44. The fourth-order valence-electron chi connectivity index (χ4n) is 1.89. The Morgan fingerprint density at radius 2 is 2.19 bits per heavy atom. The molecule has 7 heteroatoms. The van der Waals surface area contributed by atoms with E-state index in [9.17, 15) is 9.90 Å². The molecule has 2 heterocycles. The average molecular weight is 325 g/mol. The molecule has 0 bridgehead atoms. The number of amides is 2. The maximum atomic E-state index is 11.8. The van der Waals surface area contributed by atoms with E-state index in [4.69, 9.17) is 0 Å². The molecule has 21 heavy (non-hydrogen) atoms. The van der Waals surface area contributed by atoms with Crippen LogP contribution in [0.25, 0.3) is 0 Å². The minimum Gasteiger partial charge on any atom is -0.384 e. The second kappa shape index (κ2) is 6.55. The molecule has 0 aromatic carbocycles. The van der Waals surface area contributed by atoms with Gasteiger partial charge in [0.2, 0.25) is 0 Å². The van der Waals surface area contributed by atoms with Crippen LogP contribution >= 0.6 is 22.7 Å². The quantitative estimate of drug-likeness (QED) is 0.791. The average Bonchev–Trinajstić information content (AvgIpc) is 3.04. The smallest absolute Gasteiger partial charge is 0.315 e. The van der Waals surface area contributed by atoms with Crippen LogP contribution in [-0.4, -0.2) is 22.7 Å². The van der Waals surface area contributed by atoms with Gasteiger partial charge in [-0.05, 0) is 43.2 Å². The molecular formula is C14H19N3O2S2. The van der Waals surface area contributed by atoms with E-state index in [0.29, 0.717) is 6.54 Å². The fourth-order valence-corrected chi connectivity index (χ4v) is 3.55. The van der Waals surface area contributed by atoms with Gasteiger partial charge in [-0.2, -0.15) is 11.3 Å². The molecule has 2 aromatic rings. The molecule has 0 aliphatic rings. The predicted octanol–water partition coefficient (Wildman–Crippen LogP) is 2.53. The fraction of sp³-hybridized carbons (Fsp3) is 0.429. The first-order valence-electron chi connectivity index (χ1n) is 6.58. The van der Waals surface area contributed by atoms with Gasteiger partial charge in [-0.1, -0.05) is 0 Å². The van der Waals surface area contributed by atoms with Crippen molar-refractivity contribution in [2.45, 2.75) is 32.9 Å².